The summed E-state index contributed by atoms with van der Waals surface area (Å²) in [7, 11) is 0. The summed E-state index contributed by atoms with van der Waals surface area (Å²) in [6.07, 6.45) is 0.782. The molecule has 0 saturated carbocycles. The van der Waals surface area contributed by atoms with Crippen LogP contribution in [0.3, 0.4) is 0 Å². The minimum absolute atomic E-state index is 0.529. The zero-order valence-electron chi connectivity index (χ0n) is 25.9. The van der Waals surface area contributed by atoms with Crippen molar-refractivity contribution in [1.82, 2.24) is 15.0 Å². The summed E-state index contributed by atoms with van der Waals surface area (Å²) in [5, 5.41) is 0. The Hall–Kier alpha value is -6.00. The van der Waals surface area contributed by atoms with Crippen molar-refractivity contribution < 1.29 is 0 Å². The molecule has 9 rings (SSSR count). The normalized spacial score (nSPS) is 16.7. The lowest BCUT2D eigenvalue weighted by Gasteiger charge is -2.30. The van der Waals surface area contributed by atoms with Gasteiger partial charge in [0.25, 0.3) is 0 Å². The Labute approximate surface area is 274 Å². The molecule has 222 valence electrons. The number of rotatable bonds is 4. The summed E-state index contributed by atoms with van der Waals surface area (Å²) < 4.78 is 0. The molecule has 1 spiro atoms. The number of aliphatic imine (C=N–C) groups is 1. The lowest BCUT2D eigenvalue weighted by molar-refractivity contribution is 0.873. The van der Waals surface area contributed by atoms with Gasteiger partial charge in [0.05, 0.1) is 11.1 Å². The average molecular weight is 603 g/mol. The maximum absolute atomic E-state index is 5.49. The molecule has 0 amide bonds. The van der Waals surface area contributed by atoms with Crippen molar-refractivity contribution >= 4 is 11.4 Å². The Kier molecular flexibility index (Phi) is 6.29. The van der Waals surface area contributed by atoms with Crippen LogP contribution in [0.15, 0.2) is 157 Å². The number of hydrogen-bond acceptors (Lipinski definition) is 4. The van der Waals surface area contributed by atoms with Crippen LogP contribution in [0.1, 0.15) is 27.8 Å². The summed E-state index contributed by atoms with van der Waals surface area (Å²) in [6, 6.07) is 53.1. The number of fused-ring (bicyclic) bond motifs is 7. The molecule has 1 heterocycles. The van der Waals surface area contributed by atoms with Crippen molar-refractivity contribution in [1.29, 1.82) is 0 Å². The van der Waals surface area contributed by atoms with E-state index in [9.17, 15) is 0 Å². The van der Waals surface area contributed by atoms with Crippen LogP contribution in [0.25, 0.3) is 45.3 Å². The van der Waals surface area contributed by atoms with Crippen LogP contribution < -0.4 is 0 Å². The molecule has 4 nitrogen and oxygen atoms in total. The van der Waals surface area contributed by atoms with Crippen LogP contribution in [0.4, 0.5) is 5.69 Å². The highest BCUT2D eigenvalue weighted by Crippen LogP contribution is 2.58. The highest BCUT2D eigenvalue weighted by atomic mass is 15.0. The molecule has 6 aromatic carbocycles. The number of benzene rings is 6. The number of nitrogens with zero attached hydrogens (tertiary/aromatic N) is 4. The molecule has 0 aliphatic heterocycles. The third-order valence-electron chi connectivity index (χ3n) is 9.59. The first kappa shape index (κ1) is 27.3. The van der Waals surface area contributed by atoms with Crippen LogP contribution in [0.2, 0.25) is 0 Å². The first-order valence-corrected chi connectivity index (χ1v) is 16.0. The van der Waals surface area contributed by atoms with Gasteiger partial charge >= 0.3 is 0 Å². The van der Waals surface area contributed by atoms with Gasteiger partial charge in [-0.25, -0.2) is 15.0 Å². The molecule has 0 bridgehead atoms. The fourth-order valence-corrected chi connectivity index (χ4v) is 7.42. The molecular weight excluding hydrogens is 573 g/mol. The molecule has 7 aromatic rings. The van der Waals surface area contributed by atoms with Crippen LogP contribution in [-0.2, 0) is 11.8 Å². The van der Waals surface area contributed by atoms with E-state index >= 15 is 0 Å². The van der Waals surface area contributed by atoms with E-state index in [1.165, 1.54) is 38.9 Å². The molecule has 0 radical (unpaired) electrons. The maximum atomic E-state index is 5.49. The zero-order chi connectivity index (χ0) is 31.4. The van der Waals surface area contributed by atoms with Crippen molar-refractivity contribution in [2.75, 3.05) is 0 Å². The zero-order valence-corrected chi connectivity index (χ0v) is 25.9. The van der Waals surface area contributed by atoms with E-state index in [-0.39, 0.29) is 0 Å². The predicted molar refractivity (Wildman–Crippen MR) is 190 cm³/mol. The SMILES string of the molecule is Cc1ccccc1/N=C1\Cc2ccccc2[C@]12c1ccccc1-c1ccc(-c3nc(-c4ccccc4)nc(-c4ccccc4)n3)cc12. The Balaban J connectivity index is 1.31. The van der Waals surface area contributed by atoms with Gasteiger partial charge in [-0.3, -0.25) is 4.99 Å². The fraction of sp³-hybridized carbons (Fsp3) is 0.0698. The topological polar surface area (TPSA) is 51.0 Å². The standard InChI is InChI=1S/C43H30N4/c1-28-14-8-13-23-38(28)44-39-27-31-19-9-11-21-35(31)43(39)36-22-12-10-20-33(36)34-25-24-32(26-37(34)43)42-46-40(29-15-4-2-5-16-29)45-41(47-42)30-17-6-3-7-18-30/h2-26H,27H2,1H3/b44-39+/t43-/m1/s1. The third-order valence-corrected chi connectivity index (χ3v) is 9.59. The second kappa shape index (κ2) is 10.8. The smallest absolute Gasteiger partial charge is 0.164 e. The minimum Gasteiger partial charge on any atom is -0.256 e. The Bertz CT molecular complexity index is 2290. The monoisotopic (exact) mass is 602 g/mol. The summed E-state index contributed by atoms with van der Waals surface area (Å²) in [5.74, 6) is 1.96. The predicted octanol–water partition coefficient (Wildman–Crippen LogP) is 9.82. The molecular formula is C43H30N4. The van der Waals surface area contributed by atoms with E-state index in [1.54, 1.807) is 0 Å². The van der Waals surface area contributed by atoms with E-state index in [1.807, 2.05) is 60.7 Å². The van der Waals surface area contributed by atoms with Gasteiger partial charge in [-0.2, -0.15) is 0 Å². The molecule has 1 aromatic heterocycles. The maximum Gasteiger partial charge on any atom is 0.164 e. The van der Waals surface area contributed by atoms with Crippen LogP contribution in [0.5, 0.6) is 0 Å². The first-order valence-electron chi connectivity index (χ1n) is 16.0. The van der Waals surface area contributed by atoms with Gasteiger partial charge in [0.2, 0.25) is 0 Å². The first-order chi connectivity index (χ1) is 23.2. The van der Waals surface area contributed by atoms with Crippen LogP contribution in [0, 0.1) is 6.92 Å². The average Bonchev–Trinajstić information content (AvgIpc) is 3.62. The van der Waals surface area contributed by atoms with E-state index in [4.69, 9.17) is 19.9 Å². The molecule has 47 heavy (non-hydrogen) atoms. The van der Waals surface area contributed by atoms with E-state index in [2.05, 4.69) is 97.9 Å². The van der Waals surface area contributed by atoms with Crippen molar-refractivity contribution in [3.63, 3.8) is 0 Å². The van der Waals surface area contributed by atoms with E-state index in [0.29, 0.717) is 17.5 Å². The third kappa shape index (κ3) is 4.29. The Morgan fingerprint density at radius 1 is 0.489 bits per heavy atom. The van der Waals surface area contributed by atoms with E-state index < -0.39 is 5.41 Å². The van der Waals surface area contributed by atoms with Gasteiger partial charge in [0.1, 0.15) is 0 Å². The van der Waals surface area contributed by atoms with Crippen molar-refractivity contribution in [2.24, 2.45) is 4.99 Å². The summed E-state index contributed by atoms with van der Waals surface area (Å²) in [6.45, 7) is 2.14. The molecule has 1 atom stereocenters. The Morgan fingerprint density at radius 3 is 1.74 bits per heavy atom. The van der Waals surface area contributed by atoms with Gasteiger partial charge in [-0.05, 0) is 58.0 Å². The van der Waals surface area contributed by atoms with Crippen LogP contribution >= 0.6 is 0 Å². The fourth-order valence-electron chi connectivity index (χ4n) is 7.42. The molecule has 2 aliphatic carbocycles. The van der Waals surface area contributed by atoms with Crippen molar-refractivity contribution in [2.45, 2.75) is 18.8 Å². The van der Waals surface area contributed by atoms with Crippen molar-refractivity contribution in [3.05, 3.63) is 179 Å². The van der Waals surface area contributed by atoms with Gasteiger partial charge < -0.3 is 0 Å². The van der Waals surface area contributed by atoms with Crippen LogP contribution in [-0.4, -0.2) is 20.7 Å². The molecule has 0 saturated heterocycles. The van der Waals surface area contributed by atoms with Gasteiger partial charge in [-0.1, -0.05) is 140 Å². The number of aryl methyl sites for hydroxylation is 1. The van der Waals surface area contributed by atoms with Gasteiger partial charge in [0.15, 0.2) is 17.5 Å². The minimum atomic E-state index is -0.529. The molecule has 0 fully saturated rings. The lowest BCUT2D eigenvalue weighted by Crippen LogP contribution is -2.33. The number of aromatic nitrogens is 3. The highest BCUT2D eigenvalue weighted by Gasteiger charge is 2.52. The van der Waals surface area contributed by atoms with Gasteiger partial charge in [-0.15, -0.1) is 0 Å². The number of hydrogen-bond donors (Lipinski definition) is 0. The highest BCUT2D eigenvalue weighted by molar-refractivity contribution is 6.13. The quantitative estimate of drug-likeness (QED) is 0.202. The second-order valence-corrected chi connectivity index (χ2v) is 12.3. The molecule has 0 N–H and O–H groups in total. The molecule has 4 heteroatoms. The van der Waals surface area contributed by atoms with E-state index in [0.717, 1.165) is 34.5 Å². The molecule has 2 aliphatic rings. The summed E-state index contributed by atoms with van der Waals surface area (Å²) >= 11 is 0. The summed E-state index contributed by atoms with van der Waals surface area (Å²) in [5.41, 5.74) is 13.2. The number of para-hydroxylation sites is 1. The lowest BCUT2D eigenvalue weighted by atomic mass is 9.72. The van der Waals surface area contributed by atoms with Crippen molar-refractivity contribution in [3.8, 4) is 45.3 Å². The summed E-state index contributed by atoms with van der Waals surface area (Å²) in [4.78, 5) is 20.6. The Morgan fingerprint density at radius 2 is 1.04 bits per heavy atom. The molecule has 0 unspecified atom stereocenters. The largest absolute Gasteiger partial charge is 0.256 e. The second-order valence-electron chi connectivity index (χ2n) is 12.3. The van der Waals surface area contributed by atoms with Gasteiger partial charge in [0, 0.05) is 28.8 Å².